The van der Waals surface area contributed by atoms with Gasteiger partial charge < -0.3 is 19.7 Å². The molecule has 0 amide bonds. The van der Waals surface area contributed by atoms with Gasteiger partial charge in [-0.1, -0.05) is 25.4 Å². The zero-order chi connectivity index (χ0) is 14.2. The number of aliphatic carboxylic acids is 1. The van der Waals surface area contributed by atoms with E-state index in [1.165, 1.54) is 6.07 Å². The Morgan fingerprint density at radius 3 is 2.68 bits per heavy atom. The monoisotopic (exact) mass is 286 g/mol. The molecule has 0 radical (unpaired) electrons. The lowest BCUT2D eigenvalue weighted by Gasteiger charge is -2.30. The fourth-order valence-corrected chi connectivity index (χ4v) is 2.62. The van der Waals surface area contributed by atoms with Crippen LogP contribution in [0, 0.1) is 0 Å². The molecule has 19 heavy (non-hydrogen) atoms. The van der Waals surface area contributed by atoms with Crippen LogP contribution < -0.4 is 9.47 Å². The van der Waals surface area contributed by atoms with E-state index in [0.29, 0.717) is 30.3 Å². The predicted molar refractivity (Wildman–Crippen MR) is 69.4 cm³/mol. The molecule has 2 rings (SSSR count). The van der Waals surface area contributed by atoms with Crippen molar-refractivity contribution in [1.29, 1.82) is 0 Å². The van der Waals surface area contributed by atoms with E-state index in [4.69, 9.17) is 26.2 Å². The number of hydrogen-bond donors (Lipinski definition) is 2. The zero-order valence-corrected chi connectivity index (χ0v) is 11.5. The summed E-state index contributed by atoms with van der Waals surface area (Å²) in [5.41, 5.74) is -0.321. The van der Waals surface area contributed by atoms with E-state index >= 15 is 0 Å². The molecule has 0 spiro atoms. The summed E-state index contributed by atoms with van der Waals surface area (Å²) in [6.45, 7) is 4.22. The number of rotatable bonds is 3. The Kier molecular flexibility index (Phi) is 3.49. The predicted octanol–water partition coefficient (Wildman–Crippen LogP) is 2.57. The molecule has 1 aromatic rings. The van der Waals surface area contributed by atoms with E-state index in [-0.39, 0.29) is 17.2 Å². The van der Waals surface area contributed by atoms with Crippen LogP contribution in [0.2, 0.25) is 5.02 Å². The molecule has 2 N–H and O–H groups in total. The van der Waals surface area contributed by atoms with Gasteiger partial charge in [-0.3, -0.25) is 4.79 Å². The summed E-state index contributed by atoms with van der Waals surface area (Å²) >= 11 is 6.12. The summed E-state index contributed by atoms with van der Waals surface area (Å²) in [6, 6.07) is 1.39. The van der Waals surface area contributed by atoms with Gasteiger partial charge in [0.05, 0.1) is 11.4 Å². The largest absolute Gasteiger partial charge is 0.506 e. The number of phenolic OH excluding ortho intramolecular Hbond substituents is 1. The number of aromatic hydroxyl groups is 1. The zero-order valence-electron chi connectivity index (χ0n) is 10.7. The summed E-state index contributed by atoms with van der Waals surface area (Å²) in [5.74, 6) is -0.281. The second kappa shape index (κ2) is 4.81. The Hall–Kier alpha value is -1.62. The smallest absolute Gasteiger partial charge is 0.304 e. The van der Waals surface area contributed by atoms with Gasteiger partial charge in [-0.2, -0.15) is 0 Å². The van der Waals surface area contributed by atoms with Crippen LogP contribution in [-0.2, 0) is 10.2 Å². The first kappa shape index (κ1) is 13.8. The number of ether oxygens (including phenoxy) is 2. The highest BCUT2D eigenvalue weighted by atomic mass is 35.5. The van der Waals surface area contributed by atoms with Crippen LogP contribution >= 0.6 is 11.6 Å². The third kappa shape index (κ3) is 2.56. The van der Waals surface area contributed by atoms with Gasteiger partial charge in [0.25, 0.3) is 0 Å². The van der Waals surface area contributed by atoms with E-state index in [1.807, 2.05) is 0 Å². The van der Waals surface area contributed by atoms with Crippen LogP contribution in [0.15, 0.2) is 6.07 Å². The number of hydrogen-bond acceptors (Lipinski definition) is 4. The highest BCUT2D eigenvalue weighted by molar-refractivity contribution is 6.33. The molecule has 104 valence electrons. The first-order chi connectivity index (χ1) is 8.83. The van der Waals surface area contributed by atoms with Crippen LogP contribution in [0.3, 0.4) is 0 Å². The molecule has 0 fully saturated rings. The van der Waals surface area contributed by atoms with Crippen molar-refractivity contribution in [2.45, 2.75) is 25.7 Å². The topological polar surface area (TPSA) is 76.0 Å². The second-order valence-electron chi connectivity index (χ2n) is 5.06. The first-order valence-electron chi connectivity index (χ1n) is 5.86. The SMILES string of the molecule is CC(C)(CC(=O)O)c1c(Cl)c(O)cc2c1OCCO2. The van der Waals surface area contributed by atoms with E-state index in [1.54, 1.807) is 13.8 Å². The maximum absolute atomic E-state index is 11.0. The molecule has 0 unspecified atom stereocenters. The van der Waals surface area contributed by atoms with Gasteiger partial charge in [-0.25, -0.2) is 0 Å². The quantitative estimate of drug-likeness (QED) is 0.893. The Bertz CT molecular complexity index is 524. The molecule has 1 aliphatic rings. The van der Waals surface area contributed by atoms with Gasteiger partial charge in [-0.15, -0.1) is 0 Å². The van der Waals surface area contributed by atoms with Gasteiger partial charge in [0.15, 0.2) is 11.5 Å². The standard InChI is InChI=1S/C13H15ClO5/c1-13(2,6-9(16)17)10-11(14)7(15)5-8-12(10)19-4-3-18-8/h5,15H,3-4,6H2,1-2H3,(H,16,17). The normalized spacial score (nSPS) is 14.3. The average molecular weight is 287 g/mol. The molecule has 5 nitrogen and oxygen atoms in total. The third-order valence-corrected chi connectivity index (χ3v) is 3.40. The van der Waals surface area contributed by atoms with Gasteiger partial charge in [0, 0.05) is 17.0 Å². The van der Waals surface area contributed by atoms with Crippen LogP contribution in [0.4, 0.5) is 0 Å². The molecule has 6 heteroatoms. The minimum Gasteiger partial charge on any atom is -0.506 e. The van der Waals surface area contributed by atoms with Gasteiger partial charge >= 0.3 is 5.97 Å². The lowest BCUT2D eigenvalue weighted by atomic mass is 9.80. The lowest BCUT2D eigenvalue weighted by molar-refractivity contribution is -0.138. The minimum atomic E-state index is -0.949. The van der Waals surface area contributed by atoms with Crippen LogP contribution in [0.25, 0.3) is 0 Å². The van der Waals surface area contributed by atoms with Crippen LogP contribution in [0.1, 0.15) is 25.8 Å². The maximum atomic E-state index is 11.0. The number of carboxylic acid groups (broad SMARTS) is 1. The van der Waals surface area contributed by atoms with Crippen molar-refractivity contribution in [2.75, 3.05) is 13.2 Å². The Labute approximate surface area is 115 Å². The molecule has 1 aromatic carbocycles. The molecule has 0 aromatic heterocycles. The molecule has 1 heterocycles. The van der Waals surface area contributed by atoms with E-state index in [0.717, 1.165) is 0 Å². The van der Waals surface area contributed by atoms with Crippen LogP contribution in [-0.4, -0.2) is 29.4 Å². The Morgan fingerprint density at radius 2 is 2.05 bits per heavy atom. The maximum Gasteiger partial charge on any atom is 0.304 e. The van der Waals surface area contributed by atoms with Crippen molar-refractivity contribution in [1.82, 2.24) is 0 Å². The second-order valence-corrected chi connectivity index (χ2v) is 5.44. The number of phenols is 1. The van der Waals surface area contributed by atoms with Crippen molar-refractivity contribution in [2.24, 2.45) is 0 Å². The molecular weight excluding hydrogens is 272 g/mol. The highest BCUT2D eigenvalue weighted by Crippen LogP contribution is 2.49. The average Bonchev–Trinajstić information content (AvgIpc) is 2.28. The number of carboxylic acids is 1. The van der Waals surface area contributed by atoms with E-state index in [9.17, 15) is 9.90 Å². The minimum absolute atomic E-state index is 0.107. The number of benzene rings is 1. The summed E-state index contributed by atoms with van der Waals surface area (Å²) in [7, 11) is 0. The van der Waals surface area contributed by atoms with E-state index in [2.05, 4.69) is 0 Å². The summed E-state index contributed by atoms with van der Waals surface area (Å²) in [5, 5.41) is 18.9. The molecule has 0 atom stereocenters. The van der Waals surface area contributed by atoms with Crippen molar-refractivity contribution >= 4 is 17.6 Å². The molecule has 0 bridgehead atoms. The molecule has 0 aliphatic carbocycles. The summed E-state index contributed by atoms with van der Waals surface area (Å²) < 4.78 is 11.0. The number of halogens is 1. The molecule has 0 saturated carbocycles. The third-order valence-electron chi connectivity index (χ3n) is 3.02. The van der Waals surface area contributed by atoms with Crippen LogP contribution in [0.5, 0.6) is 17.2 Å². The molecular formula is C13H15ClO5. The fourth-order valence-electron chi connectivity index (χ4n) is 2.22. The van der Waals surface area contributed by atoms with Crippen molar-refractivity contribution in [3.8, 4) is 17.2 Å². The van der Waals surface area contributed by atoms with Crippen molar-refractivity contribution in [3.63, 3.8) is 0 Å². The summed E-state index contributed by atoms with van der Waals surface area (Å²) in [6.07, 6.45) is -0.133. The van der Waals surface area contributed by atoms with Gasteiger partial charge in [-0.05, 0) is 0 Å². The van der Waals surface area contributed by atoms with Gasteiger partial charge in [0.2, 0.25) is 0 Å². The molecule has 0 saturated heterocycles. The Morgan fingerprint density at radius 1 is 1.42 bits per heavy atom. The number of carbonyl (C=O) groups is 1. The van der Waals surface area contributed by atoms with E-state index < -0.39 is 11.4 Å². The fraction of sp³-hybridized carbons (Fsp3) is 0.462. The van der Waals surface area contributed by atoms with Gasteiger partial charge in [0.1, 0.15) is 19.0 Å². The Balaban J connectivity index is 2.60. The molecule has 1 aliphatic heterocycles. The van der Waals surface area contributed by atoms with Crippen molar-refractivity contribution in [3.05, 3.63) is 16.7 Å². The first-order valence-corrected chi connectivity index (χ1v) is 6.24. The van der Waals surface area contributed by atoms with Crippen molar-refractivity contribution < 1.29 is 24.5 Å². The highest BCUT2D eigenvalue weighted by Gasteiger charge is 2.34. The lowest BCUT2D eigenvalue weighted by Crippen LogP contribution is -2.26. The summed E-state index contributed by atoms with van der Waals surface area (Å²) in [4.78, 5) is 11.0. The number of fused-ring (bicyclic) bond motifs is 1.